The van der Waals surface area contributed by atoms with Crippen molar-refractivity contribution in [2.45, 2.75) is 37.4 Å². The van der Waals surface area contributed by atoms with Crippen molar-refractivity contribution in [1.82, 2.24) is 51.6 Å². The van der Waals surface area contributed by atoms with Crippen molar-refractivity contribution in [1.29, 1.82) is 0 Å². The Morgan fingerprint density at radius 2 is 1.11 bits per heavy atom. The average Bonchev–Trinajstić information content (AvgIpc) is 3.93. The first-order valence-corrected chi connectivity index (χ1v) is 15.8. The summed E-state index contributed by atoms with van der Waals surface area (Å²) in [6.45, 7) is 0.977. The number of halogens is 2. The highest BCUT2D eigenvalue weighted by atomic mass is 35.5. The molecule has 6 atom stereocenters. The number of hydrogen-bond acceptors (Lipinski definition) is 10. The molecule has 2 aromatic heterocycles. The Bertz CT molecular complexity index is 1440. The van der Waals surface area contributed by atoms with Gasteiger partial charge in [-0.1, -0.05) is 71.1 Å². The third-order valence-corrected chi connectivity index (χ3v) is 8.49. The maximum atomic E-state index is 12.0. The molecule has 0 radical (unpaired) electrons. The Balaban J connectivity index is 0.000000181. The van der Waals surface area contributed by atoms with Gasteiger partial charge in [-0.3, -0.25) is 28.6 Å². The Labute approximate surface area is 276 Å². The summed E-state index contributed by atoms with van der Waals surface area (Å²) in [5.74, 6) is 0.0733. The summed E-state index contributed by atoms with van der Waals surface area (Å²) in [6, 6.07) is 18.7. The molecule has 4 aromatic rings. The van der Waals surface area contributed by atoms with Crippen LogP contribution in [0.3, 0.4) is 0 Å². The third kappa shape index (κ3) is 7.89. The van der Waals surface area contributed by atoms with Gasteiger partial charge in [0.05, 0.1) is 49.5 Å². The molecule has 244 valence electrons. The minimum atomic E-state index is -0.465. The molecule has 16 heteroatoms. The first-order chi connectivity index (χ1) is 22.4. The van der Waals surface area contributed by atoms with Crippen molar-refractivity contribution in [3.8, 4) is 22.5 Å². The fourth-order valence-electron chi connectivity index (χ4n) is 5.33. The van der Waals surface area contributed by atoms with Gasteiger partial charge >= 0.3 is 0 Å². The summed E-state index contributed by atoms with van der Waals surface area (Å²) in [7, 11) is 3.19. The lowest BCUT2D eigenvalue weighted by atomic mass is 9.95. The van der Waals surface area contributed by atoms with Gasteiger partial charge in [-0.05, 0) is 0 Å². The second-order valence-corrected chi connectivity index (χ2v) is 11.4. The van der Waals surface area contributed by atoms with Gasteiger partial charge in [-0.25, -0.2) is 0 Å². The number of nitrogens with zero attached hydrogens (tertiary/aromatic N) is 6. The number of aromatic nitrogens is 6. The van der Waals surface area contributed by atoms with E-state index in [0.29, 0.717) is 24.8 Å². The summed E-state index contributed by atoms with van der Waals surface area (Å²) in [5, 5.41) is 21.9. The molecule has 2 fully saturated rings. The molecule has 2 amide bonds. The average molecular weight is 672 g/mol. The summed E-state index contributed by atoms with van der Waals surface area (Å²) in [6.07, 6.45) is 3.20. The Hall–Kier alpha value is -3.92. The van der Waals surface area contributed by atoms with E-state index in [0.717, 1.165) is 22.5 Å². The molecule has 0 unspecified atom stereocenters. The second kappa shape index (κ2) is 16.1. The van der Waals surface area contributed by atoms with Crippen molar-refractivity contribution in [2.75, 3.05) is 25.9 Å². The number of amides is 2. The molecule has 2 saturated heterocycles. The van der Waals surface area contributed by atoms with Crippen LogP contribution < -0.4 is 21.6 Å². The maximum Gasteiger partial charge on any atom is 0.239 e. The molecule has 2 aliphatic rings. The Kier molecular flexibility index (Phi) is 11.7. The van der Waals surface area contributed by atoms with E-state index in [4.69, 9.17) is 32.9 Å². The van der Waals surface area contributed by atoms with Crippen LogP contribution in [-0.2, 0) is 32.4 Å². The molecule has 6 rings (SSSR count). The van der Waals surface area contributed by atoms with Gasteiger partial charge in [0, 0.05) is 37.1 Å². The van der Waals surface area contributed by atoms with E-state index in [9.17, 15) is 9.59 Å². The summed E-state index contributed by atoms with van der Waals surface area (Å²) >= 11 is 11.9. The lowest BCUT2D eigenvalue weighted by molar-refractivity contribution is -0.125. The first kappa shape index (κ1) is 33.4. The van der Waals surface area contributed by atoms with Crippen LogP contribution in [0, 0.1) is 11.8 Å². The molecule has 0 bridgehead atoms. The van der Waals surface area contributed by atoms with E-state index in [1.54, 1.807) is 23.5 Å². The summed E-state index contributed by atoms with van der Waals surface area (Å²) in [4.78, 5) is 34.7. The molecule has 2 aliphatic heterocycles. The van der Waals surface area contributed by atoms with Crippen LogP contribution in [0.2, 0.25) is 0 Å². The van der Waals surface area contributed by atoms with Gasteiger partial charge in [0.2, 0.25) is 11.8 Å². The lowest BCUT2D eigenvalue weighted by Crippen LogP contribution is -2.44. The highest BCUT2D eigenvalue weighted by molar-refractivity contribution is 6.18. The minimum Gasteiger partial charge on any atom is -0.358 e. The number of alkyl halides is 2. The fraction of sp³-hybridized carbons (Fsp3) is 0.400. The van der Waals surface area contributed by atoms with E-state index < -0.39 is 12.1 Å². The molecule has 4 heterocycles. The van der Waals surface area contributed by atoms with Crippen molar-refractivity contribution in [2.24, 2.45) is 11.8 Å². The smallest absolute Gasteiger partial charge is 0.239 e. The van der Waals surface area contributed by atoms with Crippen LogP contribution in [0.1, 0.15) is 0 Å². The van der Waals surface area contributed by atoms with Crippen molar-refractivity contribution in [3.05, 3.63) is 73.1 Å². The standard InChI is InChI=1S/2C15H18ClN5O2/c2*1-17-15(22)14-11(13(7-16)23-19-14)8-21-9-12(18-20-21)10-5-3-2-4-6-10/h2*2-6,9,11,13-14,19H,7-8H2,1H3,(H,17,22)/t2*11-,13+,14-/m00/s1. The van der Waals surface area contributed by atoms with Crippen LogP contribution in [0.5, 0.6) is 0 Å². The number of carbonyl (C=O) groups excluding carboxylic acids is 2. The first-order valence-electron chi connectivity index (χ1n) is 14.7. The number of nitrogens with one attached hydrogen (secondary N) is 4. The minimum absolute atomic E-state index is 0.127. The van der Waals surface area contributed by atoms with E-state index in [2.05, 4.69) is 42.2 Å². The van der Waals surface area contributed by atoms with Crippen LogP contribution in [-0.4, -0.2) is 91.9 Å². The van der Waals surface area contributed by atoms with Gasteiger partial charge in [-0.15, -0.1) is 33.4 Å². The summed E-state index contributed by atoms with van der Waals surface area (Å²) in [5.41, 5.74) is 9.09. The van der Waals surface area contributed by atoms with Gasteiger partial charge in [-0.2, -0.15) is 11.0 Å². The molecule has 0 saturated carbocycles. The number of hydrogen-bond donors (Lipinski definition) is 4. The molecular weight excluding hydrogens is 635 g/mol. The van der Waals surface area contributed by atoms with Gasteiger partial charge in [0.1, 0.15) is 23.5 Å². The number of likely N-dealkylation sites (N-methyl/N-ethyl adjacent to an activating group) is 2. The van der Waals surface area contributed by atoms with Gasteiger partial charge in [0.15, 0.2) is 0 Å². The monoisotopic (exact) mass is 670 g/mol. The van der Waals surface area contributed by atoms with Crippen LogP contribution in [0.15, 0.2) is 73.1 Å². The Morgan fingerprint density at radius 1 is 0.717 bits per heavy atom. The fourth-order valence-corrected chi connectivity index (χ4v) is 5.92. The molecule has 14 nitrogen and oxygen atoms in total. The van der Waals surface area contributed by atoms with Crippen LogP contribution >= 0.6 is 23.2 Å². The third-order valence-electron chi connectivity index (χ3n) is 7.88. The summed E-state index contributed by atoms with van der Waals surface area (Å²) < 4.78 is 3.44. The van der Waals surface area contributed by atoms with Crippen molar-refractivity contribution < 1.29 is 19.3 Å². The lowest BCUT2D eigenvalue weighted by Gasteiger charge is -2.18. The second-order valence-electron chi connectivity index (χ2n) is 10.8. The number of hydroxylamine groups is 2. The zero-order valence-electron chi connectivity index (χ0n) is 25.3. The van der Waals surface area contributed by atoms with Crippen molar-refractivity contribution >= 4 is 35.0 Å². The van der Waals surface area contributed by atoms with Crippen LogP contribution in [0.4, 0.5) is 0 Å². The molecule has 2 aromatic carbocycles. The number of rotatable bonds is 10. The number of carbonyl (C=O) groups is 2. The largest absolute Gasteiger partial charge is 0.358 e. The van der Waals surface area contributed by atoms with E-state index >= 15 is 0 Å². The van der Waals surface area contributed by atoms with E-state index in [1.807, 2.05) is 73.1 Å². The van der Waals surface area contributed by atoms with Crippen LogP contribution in [0.25, 0.3) is 22.5 Å². The quantitative estimate of drug-likeness (QED) is 0.183. The predicted octanol–water partition coefficient (Wildman–Crippen LogP) is 1.64. The predicted molar refractivity (Wildman–Crippen MR) is 171 cm³/mol. The maximum absolute atomic E-state index is 12.0. The number of benzene rings is 2. The van der Waals surface area contributed by atoms with Gasteiger partial charge < -0.3 is 10.6 Å². The van der Waals surface area contributed by atoms with E-state index in [1.165, 1.54) is 0 Å². The molecule has 0 spiro atoms. The van der Waals surface area contributed by atoms with Crippen molar-refractivity contribution in [3.63, 3.8) is 0 Å². The molecule has 4 N–H and O–H groups in total. The Morgan fingerprint density at radius 3 is 1.46 bits per heavy atom. The highest BCUT2D eigenvalue weighted by Gasteiger charge is 2.42. The SMILES string of the molecule is CNC(=O)[C@H]1NO[C@H](CCl)[C@@H]1Cn1cc(-c2ccccc2)nn1.CNC(=O)[C@H]1NO[C@H](CCl)[C@@H]1Cn1cc(-c2ccccc2)nn1. The normalized spacial score (nSPS) is 23.8. The molecular formula is C30H36Cl2N10O4. The molecule has 46 heavy (non-hydrogen) atoms. The van der Waals surface area contributed by atoms with Gasteiger partial charge in [0.25, 0.3) is 0 Å². The topological polar surface area (TPSA) is 162 Å². The highest BCUT2D eigenvalue weighted by Crippen LogP contribution is 2.25. The van der Waals surface area contributed by atoms with E-state index in [-0.39, 0.29) is 35.9 Å². The zero-order valence-corrected chi connectivity index (χ0v) is 26.8. The molecule has 0 aliphatic carbocycles. The zero-order chi connectivity index (χ0) is 32.5.